The van der Waals surface area contributed by atoms with Crippen LogP contribution in [0.1, 0.15) is 291 Å². The van der Waals surface area contributed by atoms with Gasteiger partial charge in [0, 0.05) is 18.6 Å². The number of rotatable bonds is 13. The van der Waals surface area contributed by atoms with Crippen LogP contribution >= 0.6 is 0 Å². The SMILES string of the molecule is CCC[C@@]1(O)CC[C@H]2[C@@H](CC[C@@H]3[C@@H]2CC[C@@]2(C)[C@H]3CC[C@@H]2[C@@](C)(O)Cn2cc(C#N)cn2)C1.CCC[C@@]1(O)CC[C@H]2[C@@H](CC[C@@H]3[C@@H]2CC[C@@]2(C)[C@H]3CC[C@@H]2[C@](C)(O)Cn2cc(C#N)cn2)C1.CCC[C@@]1(O)CC[C@H]2[C@@H](CC[C@@H]3[C@@H]2CC[C@]2(C)[C@@H](C4(C)CO4)CC[C@@H]32)C1.N#Cc1cn[nH]c1. The van der Waals surface area contributed by atoms with Gasteiger partial charge in [-0.15, -0.1) is 0 Å². The molecule has 99 heavy (non-hydrogen) atoms. The van der Waals surface area contributed by atoms with Crippen LogP contribution in [-0.2, 0) is 17.8 Å². The number of aromatic nitrogens is 6. The summed E-state index contributed by atoms with van der Waals surface area (Å²) in [4.78, 5) is 0. The number of nitrogens with one attached hydrogen (secondary N) is 1. The molecule has 1 unspecified atom stereocenters. The van der Waals surface area contributed by atoms with Gasteiger partial charge in [-0.25, -0.2) is 0 Å². The van der Waals surface area contributed by atoms with Crippen LogP contribution < -0.4 is 0 Å². The minimum atomic E-state index is -0.826. The van der Waals surface area contributed by atoms with E-state index in [0.29, 0.717) is 47.0 Å². The molecule has 546 valence electrons. The lowest BCUT2D eigenvalue weighted by Gasteiger charge is -2.58. The van der Waals surface area contributed by atoms with Crippen molar-refractivity contribution in [3.63, 3.8) is 0 Å². The number of hydrogen-bond donors (Lipinski definition) is 6. The van der Waals surface area contributed by atoms with Crippen molar-refractivity contribution in [1.82, 2.24) is 29.8 Å². The topological polar surface area (TPSA) is 249 Å². The zero-order valence-electron chi connectivity index (χ0n) is 62.5. The zero-order valence-corrected chi connectivity index (χ0v) is 62.5. The molecule has 3 aromatic heterocycles. The third-order valence-corrected chi connectivity index (χ3v) is 32.4. The molecule has 15 heteroatoms. The maximum Gasteiger partial charge on any atom is 0.102 e. The zero-order chi connectivity index (χ0) is 70.1. The summed E-state index contributed by atoms with van der Waals surface area (Å²) in [5.41, 5.74) is 0.00653. The van der Waals surface area contributed by atoms with E-state index in [0.717, 1.165) is 179 Å². The fourth-order valence-corrected chi connectivity index (χ4v) is 28.5. The van der Waals surface area contributed by atoms with Crippen LogP contribution in [0.15, 0.2) is 37.2 Å². The summed E-state index contributed by atoms with van der Waals surface area (Å²) in [6, 6.07) is 6.19. The molecule has 12 saturated carbocycles. The summed E-state index contributed by atoms with van der Waals surface area (Å²) in [6.45, 7) is 22.5. The largest absolute Gasteiger partial charge is 0.390 e. The first-order valence-electron chi connectivity index (χ1n) is 40.7. The Labute approximate surface area is 595 Å². The summed E-state index contributed by atoms with van der Waals surface area (Å²) >= 11 is 0. The molecule has 0 spiro atoms. The molecule has 0 amide bonds. The van der Waals surface area contributed by atoms with E-state index >= 15 is 0 Å². The molecule has 27 atom stereocenters. The van der Waals surface area contributed by atoms with Crippen LogP contribution in [0, 0.1) is 157 Å². The van der Waals surface area contributed by atoms with E-state index in [1.54, 1.807) is 40.3 Å². The fraction of sp³-hybridized carbons (Fsp3) is 0.857. The second-order valence-corrected chi connectivity index (χ2v) is 38.0. The number of nitrogens with zero attached hydrogens (tertiary/aromatic N) is 8. The van der Waals surface area contributed by atoms with Crippen molar-refractivity contribution in [3.05, 3.63) is 53.9 Å². The molecule has 1 aliphatic heterocycles. The van der Waals surface area contributed by atoms with Crippen LogP contribution in [0.5, 0.6) is 0 Å². The quantitative estimate of drug-likeness (QED) is 0.0875. The lowest BCUT2D eigenvalue weighted by atomic mass is 9.48. The third kappa shape index (κ3) is 14.1. The maximum atomic E-state index is 11.7. The van der Waals surface area contributed by atoms with Crippen molar-refractivity contribution in [3.8, 4) is 18.2 Å². The van der Waals surface area contributed by atoms with Crippen LogP contribution in [-0.4, -0.2) is 95.5 Å². The van der Waals surface area contributed by atoms with Gasteiger partial charge >= 0.3 is 0 Å². The van der Waals surface area contributed by atoms with Crippen LogP contribution in [0.25, 0.3) is 0 Å². The molecule has 13 aliphatic rings. The Bertz CT molecular complexity index is 3210. The molecular weight excluding hydrogens is 1230 g/mol. The van der Waals surface area contributed by atoms with Crippen molar-refractivity contribution in [2.75, 3.05) is 6.61 Å². The second-order valence-electron chi connectivity index (χ2n) is 38.0. The van der Waals surface area contributed by atoms with Gasteiger partial charge in [-0.05, 0) is 336 Å². The van der Waals surface area contributed by atoms with E-state index < -0.39 is 22.4 Å². The minimum Gasteiger partial charge on any atom is -0.390 e. The van der Waals surface area contributed by atoms with Gasteiger partial charge in [-0.3, -0.25) is 14.5 Å². The average Bonchev–Trinajstić information content (AvgIpc) is 1.63. The first-order valence-corrected chi connectivity index (χ1v) is 40.7. The summed E-state index contributed by atoms with van der Waals surface area (Å²) in [6.07, 6.45) is 49.4. The molecule has 16 rings (SSSR count). The first kappa shape index (κ1) is 73.2. The van der Waals surface area contributed by atoms with Crippen molar-refractivity contribution in [2.45, 2.75) is 321 Å². The maximum absolute atomic E-state index is 11.7. The number of hydrogen-bond acceptors (Lipinski definition) is 12. The summed E-state index contributed by atoms with van der Waals surface area (Å²) in [5, 5.41) is 97.6. The standard InChI is InChI=1S/2C28H43N3O2.C24H40O2.C4H3N3/c2*1-4-11-28(33)13-10-21-20(14-28)5-6-23-22(21)9-12-26(2)24(23)7-8-25(26)27(3,32)18-31-17-19(15-29)16-30-31;1-4-11-24(25)13-10-17-16(14-24)5-6-19-18(17)9-12-22(2)20(19)7-8-21(22)23(3)15-26-23;5-1-4-2-6-7-3-4/h2*16-17,20-25,32-33H,4-14,18H2,1-3H3;16-21,25H,4-15H2,1-3H3;2-3H,(H,6,7)/t20-,21-,22+,23+,24-,25-,26-,27+,28+;20-,21-,22+,23+,24-,25-,26-,27-,28+;16-,17-,18+,19+,20-,21-,22-,23?,24+;/m000./s1. The van der Waals surface area contributed by atoms with Crippen molar-refractivity contribution in [1.29, 1.82) is 15.8 Å². The van der Waals surface area contributed by atoms with E-state index in [9.17, 15) is 25.5 Å². The van der Waals surface area contributed by atoms with Gasteiger partial charge in [0.05, 0.1) is 88.6 Å². The highest BCUT2D eigenvalue weighted by Crippen LogP contribution is 2.71. The van der Waals surface area contributed by atoms with E-state index in [-0.39, 0.29) is 33.9 Å². The highest BCUT2D eigenvalue weighted by Gasteiger charge is 2.66. The monoisotopic (exact) mass is 1360 g/mol. The smallest absolute Gasteiger partial charge is 0.102 e. The average molecular weight is 1360 g/mol. The summed E-state index contributed by atoms with van der Waals surface area (Å²) in [7, 11) is 0. The van der Waals surface area contributed by atoms with Crippen LogP contribution in [0.4, 0.5) is 0 Å². The highest BCUT2D eigenvalue weighted by molar-refractivity contribution is 5.24. The van der Waals surface area contributed by atoms with Crippen molar-refractivity contribution < 1.29 is 30.3 Å². The third-order valence-electron chi connectivity index (χ3n) is 32.4. The number of epoxide rings is 1. The lowest BCUT2D eigenvalue weighted by Crippen LogP contribution is -2.53. The molecule has 1 saturated heterocycles. The van der Waals surface area contributed by atoms with Crippen LogP contribution in [0.2, 0.25) is 0 Å². The Balaban J connectivity index is 0.000000128. The first-order chi connectivity index (χ1) is 47.2. The van der Waals surface area contributed by atoms with E-state index in [2.05, 4.69) is 81.0 Å². The summed E-state index contributed by atoms with van der Waals surface area (Å²) < 4.78 is 9.45. The number of nitriles is 3. The molecule has 0 radical (unpaired) electrons. The second kappa shape index (κ2) is 28.4. The van der Waals surface area contributed by atoms with Gasteiger partial charge in [0.1, 0.15) is 18.2 Å². The number of aromatic amines is 1. The molecule has 0 bridgehead atoms. The Kier molecular flexibility index (Phi) is 21.0. The van der Waals surface area contributed by atoms with Gasteiger partial charge in [0.15, 0.2) is 0 Å². The number of H-pyrrole nitrogens is 1. The number of aliphatic hydroxyl groups is 5. The van der Waals surface area contributed by atoms with Gasteiger partial charge in [0.25, 0.3) is 0 Å². The molecule has 3 aromatic rings. The van der Waals surface area contributed by atoms with E-state index in [1.165, 1.54) is 128 Å². The molecule has 12 aliphatic carbocycles. The predicted octanol–water partition coefficient (Wildman–Crippen LogP) is 16.5. The Morgan fingerprint density at radius 1 is 0.475 bits per heavy atom. The van der Waals surface area contributed by atoms with Gasteiger partial charge in [-0.1, -0.05) is 60.8 Å². The van der Waals surface area contributed by atoms with Crippen molar-refractivity contribution in [2.24, 2.45) is 123 Å². The van der Waals surface area contributed by atoms with Gasteiger partial charge in [-0.2, -0.15) is 31.1 Å². The molecule has 15 nitrogen and oxygen atoms in total. The summed E-state index contributed by atoms with van der Waals surface area (Å²) in [5.74, 6) is 13.6. The molecule has 6 N–H and O–H groups in total. The van der Waals surface area contributed by atoms with Gasteiger partial charge in [0.2, 0.25) is 0 Å². The van der Waals surface area contributed by atoms with Gasteiger partial charge < -0.3 is 30.3 Å². The minimum absolute atomic E-state index is 0.181. The normalized spacial score (nSPS) is 45.4. The van der Waals surface area contributed by atoms with Crippen molar-refractivity contribution >= 4 is 0 Å². The van der Waals surface area contributed by atoms with Crippen LogP contribution in [0.3, 0.4) is 0 Å². The fourth-order valence-electron chi connectivity index (χ4n) is 28.5. The Morgan fingerprint density at radius 3 is 1.17 bits per heavy atom. The molecule has 13 fully saturated rings. The molecular formula is C84H129N9O6. The predicted molar refractivity (Wildman–Crippen MR) is 384 cm³/mol. The Morgan fingerprint density at radius 2 is 0.838 bits per heavy atom. The molecule has 0 aromatic carbocycles. The van der Waals surface area contributed by atoms with E-state index in [1.807, 2.05) is 19.9 Å². The van der Waals surface area contributed by atoms with E-state index in [4.69, 9.17) is 20.5 Å². The number of fused-ring (bicyclic) bond motifs is 15. The number of ether oxygens (including phenoxy) is 1. The Hall–Kier alpha value is -4.14. The highest BCUT2D eigenvalue weighted by atomic mass is 16.6. The molecule has 4 heterocycles. The lowest BCUT2D eigenvalue weighted by molar-refractivity contribution is -0.130.